The number of hydrogen-bond acceptors (Lipinski definition) is 3. The van der Waals surface area contributed by atoms with Crippen molar-refractivity contribution in [1.29, 1.82) is 0 Å². The molecule has 34 heavy (non-hydrogen) atoms. The summed E-state index contributed by atoms with van der Waals surface area (Å²) in [6, 6.07) is 7.66. The van der Waals surface area contributed by atoms with Crippen molar-refractivity contribution in [3.63, 3.8) is 0 Å². The van der Waals surface area contributed by atoms with Crippen LogP contribution in [0.15, 0.2) is 28.7 Å². The molecule has 1 aliphatic rings. The third-order valence-corrected chi connectivity index (χ3v) is 8.00. The highest BCUT2D eigenvalue weighted by Gasteiger charge is 2.37. The van der Waals surface area contributed by atoms with Crippen LogP contribution in [-0.2, 0) is 16.1 Å². The molecule has 1 aliphatic heterocycles. The van der Waals surface area contributed by atoms with Crippen LogP contribution < -0.4 is 0 Å². The van der Waals surface area contributed by atoms with Crippen LogP contribution in [0.5, 0.6) is 0 Å². The third-order valence-electron chi connectivity index (χ3n) is 7.00. The standard InChI is InChI=1S/C29H40BrNO3/c1-4-5-6-7-8-9-10-11-12-13-20-34-29(33)24-18-19-31-26(22(3)25(30)27(24)31)28(32)23-16-14-21(2)15-17-23/h14-17,24H,4-13,18-20H2,1-3H3. The zero-order valence-electron chi connectivity index (χ0n) is 21.1. The smallest absolute Gasteiger partial charge is 0.315 e. The predicted octanol–water partition coefficient (Wildman–Crippen LogP) is 8.05. The average molecular weight is 531 g/mol. The van der Waals surface area contributed by atoms with Crippen molar-refractivity contribution in [2.24, 2.45) is 0 Å². The summed E-state index contributed by atoms with van der Waals surface area (Å²) in [6.07, 6.45) is 13.3. The van der Waals surface area contributed by atoms with Crippen molar-refractivity contribution in [3.8, 4) is 0 Å². The van der Waals surface area contributed by atoms with Gasteiger partial charge in [0.2, 0.25) is 5.78 Å². The van der Waals surface area contributed by atoms with Crippen molar-refractivity contribution >= 4 is 27.7 Å². The monoisotopic (exact) mass is 529 g/mol. The number of esters is 1. The maximum absolute atomic E-state index is 13.3. The van der Waals surface area contributed by atoms with Gasteiger partial charge in [-0.15, -0.1) is 0 Å². The summed E-state index contributed by atoms with van der Waals surface area (Å²) in [7, 11) is 0. The third kappa shape index (κ3) is 6.62. The molecule has 5 heteroatoms. The maximum atomic E-state index is 13.3. The van der Waals surface area contributed by atoms with Crippen LogP contribution in [0.25, 0.3) is 0 Å². The first kappa shape index (κ1) is 26.7. The largest absolute Gasteiger partial charge is 0.465 e. The van der Waals surface area contributed by atoms with Crippen molar-refractivity contribution in [3.05, 3.63) is 56.8 Å². The van der Waals surface area contributed by atoms with Gasteiger partial charge in [-0.1, -0.05) is 94.5 Å². The fourth-order valence-corrected chi connectivity index (χ4v) is 5.61. The number of ketones is 1. The van der Waals surface area contributed by atoms with Crippen molar-refractivity contribution in [1.82, 2.24) is 4.57 Å². The normalized spacial score (nSPS) is 14.9. The minimum absolute atomic E-state index is 0.00355. The van der Waals surface area contributed by atoms with E-state index in [2.05, 4.69) is 22.9 Å². The molecule has 0 bridgehead atoms. The summed E-state index contributed by atoms with van der Waals surface area (Å²) >= 11 is 3.67. The molecule has 0 N–H and O–H groups in total. The van der Waals surface area contributed by atoms with Crippen molar-refractivity contribution < 1.29 is 14.3 Å². The Labute approximate surface area is 213 Å². The first-order valence-electron chi connectivity index (χ1n) is 13.1. The van der Waals surface area contributed by atoms with Gasteiger partial charge in [0.15, 0.2) is 0 Å². The van der Waals surface area contributed by atoms with E-state index in [0.717, 1.165) is 34.1 Å². The van der Waals surface area contributed by atoms with Crippen LogP contribution in [0.4, 0.5) is 0 Å². The van der Waals surface area contributed by atoms with Gasteiger partial charge in [0, 0.05) is 22.3 Å². The van der Waals surface area contributed by atoms with Gasteiger partial charge in [0.1, 0.15) is 0 Å². The molecule has 0 saturated heterocycles. The number of fused-ring (bicyclic) bond motifs is 1. The molecule has 1 aromatic carbocycles. The van der Waals surface area contributed by atoms with Gasteiger partial charge in [0.25, 0.3) is 0 Å². The number of ether oxygens (including phenoxy) is 1. The molecular weight excluding hydrogens is 490 g/mol. The highest BCUT2D eigenvalue weighted by Crippen LogP contribution is 2.41. The van der Waals surface area contributed by atoms with Gasteiger partial charge in [-0.3, -0.25) is 9.59 Å². The second-order valence-corrected chi connectivity index (χ2v) is 10.5. The van der Waals surface area contributed by atoms with Gasteiger partial charge >= 0.3 is 5.97 Å². The first-order chi connectivity index (χ1) is 16.5. The molecule has 0 saturated carbocycles. The predicted molar refractivity (Wildman–Crippen MR) is 142 cm³/mol. The SMILES string of the molecule is CCCCCCCCCCCCOC(=O)C1CCn2c(C(=O)c3ccc(C)cc3)c(C)c(Br)c21. The van der Waals surface area contributed by atoms with E-state index in [-0.39, 0.29) is 17.7 Å². The highest BCUT2D eigenvalue weighted by molar-refractivity contribution is 9.10. The van der Waals surface area contributed by atoms with Crippen LogP contribution in [0.2, 0.25) is 0 Å². The molecule has 3 rings (SSSR count). The molecule has 0 radical (unpaired) electrons. The van der Waals surface area contributed by atoms with Crippen LogP contribution in [0.1, 0.15) is 116 Å². The molecule has 1 unspecified atom stereocenters. The van der Waals surface area contributed by atoms with Gasteiger partial charge in [-0.25, -0.2) is 0 Å². The van der Waals surface area contributed by atoms with Gasteiger partial charge in [0.05, 0.1) is 18.2 Å². The topological polar surface area (TPSA) is 48.3 Å². The molecule has 1 aromatic heterocycles. The van der Waals surface area contributed by atoms with Gasteiger partial charge in [-0.05, 0) is 48.2 Å². The van der Waals surface area contributed by atoms with E-state index in [9.17, 15) is 9.59 Å². The van der Waals surface area contributed by atoms with E-state index in [0.29, 0.717) is 30.8 Å². The van der Waals surface area contributed by atoms with Gasteiger partial charge in [-0.2, -0.15) is 0 Å². The fourth-order valence-electron chi connectivity index (χ4n) is 4.93. The maximum Gasteiger partial charge on any atom is 0.315 e. The molecule has 1 atom stereocenters. The average Bonchev–Trinajstić information content (AvgIpc) is 3.36. The van der Waals surface area contributed by atoms with Crippen LogP contribution >= 0.6 is 15.9 Å². The molecule has 2 heterocycles. The Morgan fingerprint density at radius 3 is 2.15 bits per heavy atom. The Balaban J connectivity index is 1.48. The molecule has 0 amide bonds. The second-order valence-electron chi connectivity index (χ2n) is 9.71. The van der Waals surface area contributed by atoms with Crippen LogP contribution in [0, 0.1) is 13.8 Å². The Hall–Kier alpha value is -1.88. The summed E-state index contributed by atoms with van der Waals surface area (Å²) in [4.78, 5) is 26.1. The van der Waals surface area contributed by atoms with E-state index in [4.69, 9.17) is 4.74 Å². The lowest BCUT2D eigenvalue weighted by atomic mass is 10.0. The Morgan fingerprint density at radius 1 is 0.941 bits per heavy atom. The van der Waals surface area contributed by atoms with Gasteiger partial charge < -0.3 is 9.30 Å². The summed E-state index contributed by atoms with van der Waals surface area (Å²) in [6.45, 7) is 7.35. The minimum Gasteiger partial charge on any atom is -0.465 e. The van der Waals surface area contributed by atoms with E-state index in [1.165, 1.54) is 51.4 Å². The van der Waals surface area contributed by atoms with E-state index in [1.54, 1.807) is 0 Å². The second kappa shape index (κ2) is 13.3. The molecule has 0 spiro atoms. The molecular formula is C29H40BrNO3. The Morgan fingerprint density at radius 2 is 1.53 bits per heavy atom. The van der Waals surface area contributed by atoms with E-state index in [1.807, 2.05) is 42.7 Å². The molecule has 0 fully saturated rings. The van der Waals surface area contributed by atoms with E-state index >= 15 is 0 Å². The number of carbonyl (C=O) groups is 2. The molecule has 4 nitrogen and oxygen atoms in total. The Bertz CT molecular complexity index is 961. The molecule has 2 aromatic rings. The first-order valence-corrected chi connectivity index (χ1v) is 13.9. The number of aromatic nitrogens is 1. The number of nitrogens with zero attached hydrogens (tertiary/aromatic N) is 1. The van der Waals surface area contributed by atoms with Crippen molar-refractivity contribution in [2.75, 3.05) is 6.61 Å². The summed E-state index contributed by atoms with van der Waals surface area (Å²) in [5, 5.41) is 0. The molecule has 186 valence electrons. The fraction of sp³-hybridized carbons (Fsp3) is 0.586. The lowest BCUT2D eigenvalue weighted by Crippen LogP contribution is -2.15. The lowest BCUT2D eigenvalue weighted by molar-refractivity contribution is -0.145. The number of aryl methyl sites for hydroxylation is 1. The quantitative estimate of drug-likeness (QED) is 0.141. The van der Waals surface area contributed by atoms with Crippen LogP contribution in [-0.4, -0.2) is 22.9 Å². The van der Waals surface area contributed by atoms with Crippen molar-refractivity contribution in [2.45, 2.75) is 104 Å². The summed E-state index contributed by atoms with van der Waals surface area (Å²) in [5.41, 5.74) is 4.26. The highest BCUT2D eigenvalue weighted by atomic mass is 79.9. The summed E-state index contributed by atoms with van der Waals surface area (Å²) in [5.74, 6) is -0.471. The number of benzene rings is 1. The zero-order valence-corrected chi connectivity index (χ0v) is 22.7. The Kier molecular flexibility index (Phi) is 10.4. The zero-order chi connectivity index (χ0) is 24.5. The summed E-state index contributed by atoms with van der Waals surface area (Å²) < 4.78 is 8.54. The number of unbranched alkanes of at least 4 members (excludes halogenated alkanes) is 9. The number of hydrogen-bond donors (Lipinski definition) is 0. The lowest BCUT2D eigenvalue weighted by Gasteiger charge is -2.11. The van der Waals surface area contributed by atoms with Crippen LogP contribution in [0.3, 0.4) is 0 Å². The molecule has 0 aliphatic carbocycles. The number of halogens is 1. The number of carbonyl (C=O) groups excluding carboxylic acids is 2. The minimum atomic E-state index is -0.309. The van der Waals surface area contributed by atoms with E-state index < -0.39 is 0 Å². The number of rotatable bonds is 14.